The number of hydrogen-bond acceptors (Lipinski definition) is 2. The molecule has 1 saturated carbocycles. The number of rotatable bonds is 5. The minimum Gasteiger partial charge on any atom is -0.313 e. The van der Waals surface area contributed by atoms with Gasteiger partial charge >= 0.3 is 0 Å². The summed E-state index contributed by atoms with van der Waals surface area (Å²) in [5.41, 5.74) is 0.487. The molecule has 0 aromatic rings. The summed E-state index contributed by atoms with van der Waals surface area (Å²) >= 11 is 0. The first-order valence-electron chi connectivity index (χ1n) is 8.52. The molecule has 3 atom stereocenters. The lowest BCUT2D eigenvalue weighted by Gasteiger charge is -2.37. The second-order valence-electron chi connectivity index (χ2n) is 7.50. The normalized spacial score (nSPS) is 35.7. The van der Waals surface area contributed by atoms with Gasteiger partial charge in [-0.1, -0.05) is 34.1 Å². The van der Waals surface area contributed by atoms with Crippen LogP contribution in [0.2, 0.25) is 0 Å². The third-order valence-corrected chi connectivity index (χ3v) is 5.57. The first kappa shape index (κ1) is 15.3. The van der Waals surface area contributed by atoms with E-state index < -0.39 is 0 Å². The highest BCUT2D eigenvalue weighted by Gasteiger charge is 2.41. The van der Waals surface area contributed by atoms with Crippen LogP contribution in [0.4, 0.5) is 0 Å². The summed E-state index contributed by atoms with van der Waals surface area (Å²) < 4.78 is 0. The minimum absolute atomic E-state index is 0.487. The summed E-state index contributed by atoms with van der Waals surface area (Å²) in [6, 6.07) is 0.722. The van der Waals surface area contributed by atoms with Gasteiger partial charge in [0.1, 0.15) is 0 Å². The topological polar surface area (TPSA) is 15.3 Å². The van der Waals surface area contributed by atoms with Gasteiger partial charge < -0.3 is 10.2 Å². The zero-order valence-corrected chi connectivity index (χ0v) is 13.5. The van der Waals surface area contributed by atoms with E-state index in [1.807, 2.05) is 0 Å². The van der Waals surface area contributed by atoms with Gasteiger partial charge in [0.25, 0.3) is 0 Å². The fourth-order valence-corrected chi connectivity index (χ4v) is 4.36. The van der Waals surface area contributed by atoms with Gasteiger partial charge in [-0.25, -0.2) is 0 Å². The summed E-state index contributed by atoms with van der Waals surface area (Å²) in [4.78, 5) is 2.76. The van der Waals surface area contributed by atoms with E-state index in [0.29, 0.717) is 5.41 Å². The largest absolute Gasteiger partial charge is 0.313 e. The van der Waals surface area contributed by atoms with Crippen molar-refractivity contribution in [1.82, 2.24) is 10.2 Å². The van der Waals surface area contributed by atoms with E-state index >= 15 is 0 Å². The van der Waals surface area contributed by atoms with Crippen molar-refractivity contribution >= 4 is 0 Å². The monoisotopic (exact) mass is 266 g/mol. The second kappa shape index (κ2) is 6.58. The highest BCUT2D eigenvalue weighted by Crippen LogP contribution is 2.41. The Morgan fingerprint density at radius 1 is 1.21 bits per heavy atom. The molecule has 2 aliphatic rings. The highest BCUT2D eigenvalue weighted by molar-refractivity contribution is 4.97. The van der Waals surface area contributed by atoms with Gasteiger partial charge in [-0.05, 0) is 56.0 Å². The molecule has 112 valence electrons. The van der Waals surface area contributed by atoms with Gasteiger partial charge in [0.15, 0.2) is 0 Å². The number of hydrogen-bond donors (Lipinski definition) is 1. The lowest BCUT2D eigenvalue weighted by molar-refractivity contribution is 0.131. The number of nitrogens with zero attached hydrogens (tertiary/aromatic N) is 1. The van der Waals surface area contributed by atoms with E-state index in [1.165, 1.54) is 51.7 Å². The number of nitrogens with one attached hydrogen (secondary N) is 1. The van der Waals surface area contributed by atoms with E-state index in [2.05, 4.69) is 37.9 Å². The Balaban J connectivity index is 1.90. The first-order chi connectivity index (χ1) is 9.06. The zero-order chi connectivity index (χ0) is 13.9. The van der Waals surface area contributed by atoms with Crippen molar-refractivity contribution in [2.45, 2.75) is 65.8 Å². The third kappa shape index (κ3) is 3.72. The van der Waals surface area contributed by atoms with Crippen LogP contribution in [0.15, 0.2) is 0 Å². The molecule has 0 bridgehead atoms. The van der Waals surface area contributed by atoms with Crippen molar-refractivity contribution in [3.05, 3.63) is 0 Å². The van der Waals surface area contributed by atoms with Crippen molar-refractivity contribution < 1.29 is 0 Å². The van der Waals surface area contributed by atoms with Gasteiger partial charge in [-0.15, -0.1) is 0 Å². The molecule has 1 N–H and O–H groups in total. The SMILES string of the molecule is CCNC1C(CN2CCCC(CC)C2)CCC1(C)C. The Hall–Kier alpha value is -0.0800. The molecular formula is C17H34N2. The Labute approximate surface area is 120 Å². The van der Waals surface area contributed by atoms with Crippen molar-refractivity contribution in [3.63, 3.8) is 0 Å². The Morgan fingerprint density at radius 2 is 2.00 bits per heavy atom. The van der Waals surface area contributed by atoms with Gasteiger partial charge in [0, 0.05) is 19.1 Å². The van der Waals surface area contributed by atoms with Gasteiger partial charge in [0.05, 0.1) is 0 Å². The van der Waals surface area contributed by atoms with Crippen LogP contribution in [-0.4, -0.2) is 37.1 Å². The predicted molar refractivity (Wildman–Crippen MR) is 83.4 cm³/mol. The second-order valence-corrected chi connectivity index (χ2v) is 7.50. The molecule has 3 unspecified atom stereocenters. The molecule has 19 heavy (non-hydrogen) atoms. The first-order valence-corrected chi connectivity index (χ1v) is 8.52. The number of likely N-dealkylation sites (tertiary alicyclic amines) is 1. The van der Waals surface area contributed by atoms with E-state index in [1.54, 1.807) is 0 Å². The predicted octanol–water partition coefficient (Wildman–Crippen LogP) is 3.52. The van der Waals surface area contributed by atoms with Crippen LogP contribution in [0.5, 0.6) is 0 Å². The molecule has 0 amide bonds. The molecular weight excluding hydrogens is 232 g/mol. The van der Waals surface area contributed by atoms with Crippen LogP contribution in [0.3, 0.4) is 0 Å². The van der Waals surface area contributed by atoms with E-state index in [4.69, 9.17) is 0 Å². The molecule has 1 aliphatic heterocycles. The van der Waals surface area contributed by atoms with Crippen LogP contribution in [0, 0.1) is 17.3 Å². The molecule has 2 rings (SSSR count). The van der Waals surface area contributed by atoms with Crippen molar-refractivity contribution in [2.75, 3.05) is 26.2 Å². The molecule has 0 radical (unpaired) electrons. The molecule has 2 heteroatoms. The molecule has 2 fully saturated rings. The molecule has 0 aromatic heterocycles. The zero-order valence-electron chi connectivity index (χ0n) is 13.5. The Morgan fingerprint density at radius 3 is 2.68 bits per heavy atom. The lowest BCUT2D eigenvalue weighted by atomic mass is 9.84. The van der Waals surface area contributed by atoms with Crippen molar-refractivity contribution in [1.29, 1.82) is 0 Å². The Kier molecular flexibility index (Phi) is 5.30. The van der Waals surface area contributed by atoms with Gasteiger partial charge in [0.2, 0.25) is 0 Å². The van der Waals surface area contributed by atoms with Crippen LogP contribution in [0.1, 0.15) is 59.8 Å². The smallest absolute Gasteiger partial charge is 0.0159 e. The van der Waals surface area contributed by atoms with Crippen LogP contribution in [0.25, 0.3) is 0 Å². The standard InChI is InChI=1S/C17H34N2/c1-5-14-8-7-11-19(12-14)13-15-9-10-17(3,4)16(15)18-6-2/h14-16,18H,5-13H2,1-4H3. The van der Waals surface area contributed by atoms with Gasteiger partial charge in [-0.3, -0.25) is 0 Å². The molecule has 1 heterocycles. The summed E-state index contributed by atoms with van der Waals surface area (Å²) in [5.74, 6) is 1.83. The number of piperidine rings is 1. The van der Waals surface area contributed by atoms with E-state index in [0.717, 1.165) is 24.4 Å². The lowest BCUT2D eigenvalue weighted by Crippen LogP contribution is -2.47. The molecule has 1 aliphatic carbocycles. The van der Waals surface area contributed by atoms with Crippen LogP contribution < -0.4 is 5.32 Å². The average molecular weight is 266 g/mol. The fraction of sp³-hybridized carbons (Fsp3) is 1.00. The molecule has 0 aromatic carbocycles. The van der Waals surface area contributed by atoms with E-state index in [-0.39, 0.29) is 0 Å². The van der Waals surface area contributed by atoms with Crippen LogP contribution >= 0.6 is 0 Å². The highest BCUT2D eigenvalue weighted by atomic mass is 15.1. The third-order valence-electron chi connectivity index (χ3n) is 5.57. The summed E-state index contributed by atoms with van der Waals surface area (Å²) in [5, 5.41) is 3.77. The molecule has 2 nitrogen and oxygen atoms in total. The fourth-order valence-electron chi connectivity index (χ4n) is 4.36. The maximum atomic E-state index is 3.77. The van der Waals surface area contributed by atoms with Crippen molar-refractivity contribution in [3.8, 4) is 0 Å². The average Bonchev–Trinajstić information content (AvgIpc) is 2.67. The minimum atomic E-state index is 0.487. The molecule has 1 saturated heterocycles. The van der Waals surface area contributed by atoms with Gasteiger partial charge in [-0.2, -0.15) is 0 Å². The summed E-state index contributed by atoms with van der Waals surface area (Å²) in [7, 11) is 0. The quantitative estimate of drug-likeness (QED) is 0.819. The van der Waals surface area contributed by atoms with E-state index in [9.17, 15) is 0 Å². The summed E-state index contributed by atoms with van der Waals surface area (Å²) in [6.45, 7) is 14.6. The van der Waals surface area contributed by atoms with Crippen molar-refractivity contribution in [2.24, 2.45) is 17.3 Å². The maximum absolute atomic E-state index is 3.77. The van der Waals surface area contributed by atoms with Crippen LogP contribution in [-0.2, 0) is 0 Å². The molecule has 0 spiro atoms. The Bertz CT molecular complexity index is 274. The summed E-state index contributed by atoms with van der Waals surface area (Å²) in [6.07, 6.45) is 7.04. The maximum Gasteiger partial charge on any atom is 0.0159 e.